The van der Waals surface area contributed by atoms with Crippen molar-refractivity contribution >= 4 is 5.91 Å². The molecule has 0 aromatic heterocycles. The van der Waals surface area contributed by atoms with Crippen LogP contribution in [-0.4, -0.2) is 58.0 Å². The quantitative estimate of drug-likeness (QED) is 0.768. The minimum Gasteiger partial charge on any atom is -0.396 e. The summed E-state index contributed by atoms with van der Waals surface area (Å²) in [6.45, 7) is 2.01. The second-order valence-corrected chi connectivity index (χ2v) is 9.42. The second kappa shape index (κ2) is 8.73. The summed E-state index contributed by atoms with van der Waals surface area (Å²) in [5.74, 6) is 0.135. The van der Waals surface area contributed by atoms with Crippen LogP contribution in [0.4, 0.5) is 0 Å². The highest BCUT2D eigenvalue weighted by Crippen LogP contribution is 2.51. The van der Waals surface area contributed by atoms with E-state index in [9.17, 15) is 15.0 Å². The summed E-state index contributed by atoms with van der Waals surface area (Å²) in [5.41, 5.74) is 0.538. The number of likely N-dealkylation sites (N-methyl/N-ethyl adjacent to an activating group) is 1. The average molecular weight is 424 g/mol. The molecule has 0 unspecified atom stereocenters. The Morgan fingerprint density at radius 2 is 1.74 bits per heavy atom. The van der Waals surface area contributed by atoms with Crippen molar-refractivity contribution in [2.75, 3.05) is 13.7 Å². The number of carbonyl (C=O) groups excluding carboxylic acids is 1. The maximum absolute atomic E-state index is 13.1. The molecule has 2 aliphatic rings. The fourth-order valence-electron chi connectivity index (χ4n) is 5.68. The van der Waals surface area contributed by atoms with Crippen LogP contribution in [0.5, 0.6) is 0 Å². The molecular weight excluding hydrogens is 390 g/mol. The molecule has 2 aromatic rings. The van der Waals surface area contributed by atoms with Crippen molar-refractivity contribution in [3.8, 4) is 0 Å². The maximum atomic E-state index is 13.1. The van der Waals surface area contributed by atoms with Gasteiger partial charge in [0, 0.05) is 19.2 Å². The minimum absolute atomic E-state index is 0.0388. The van der Waals surface area contributed by atoms with Crippen molar-refractivity contribution in [3.63, 3.8) is 0 Å². The number of benzene rings is 2. The van der Waals surface area contributed by atoms with Crippen molar-refractivity contribution in [2.24, 2.45) is 0 Å². The van der Waals surface area contributed by atoms with E-state index in [0.29, 0.717) is 31.2 Å². The lowest BCUT2D eigenvalue weighted by Crippen LogP contribution is -2.58. The summed E-state index contributed by atoms with van der Waals surface area (Å²) in [5, 5.41) is 21.4. The van der Waals surface area contributed by atoms with Gasteiger partial charge in [0.2, 0.25) is 0 Å². The Hall–Kier alpha value is -2.21. The van der Waals surface area contributed by atoms with Crippen molar-refractivity contribution in [3.05, 3.63) is 71.8 Å². The smallest absolute Gasteiger partial charge is 0.253 e. The van der Waals surface area contributed by atoms with Crippen molar-refractivity contribution < 1.29 is 19.7 Å². The number of aliphatic hydroxyl groups is 2. The van der Waals surface area contributed by atoms with Gasteiger partial charge in [0.15, 0.2) is 0 Å². The van der Waals surface area contributed by atoms with Crippen LogP contribution in [0.25, 0.3) is 0 Å². The minimum atomic E-state index is -0.822. The first-order valence-corrected chi connectivity index (χ1v) is 11.2. The zero-order valence-corrected chi connectivity index (χ0v) is 18.4. The number of hydrogen-bond donors (Lipinski definition) is 2. The highest BCUT2D eigenvalue weighted by molar-refractivity contribution is 5.94. The van der Waals surface area contributed by atoms with Crippen LogP contribution in [0.1, 0.15) is 60.9 Å². The van der Waals surface area contributed by atoms with Crippen LogP contribution in [0, 0.1) is 0 Å². The molecule has 31 heavy (non-hydrogen) atoms. The van der Waals surface area contributed by atoms with E-state index in [4.69, 9.17) is 4.74 Å². The number of nitrogens with zero attached hydrogens (tertiary/aromatic N) is 1. The Labute approximate surface area is 184 Å². The maximum Gasteiger partial charge on any atom is 0.253 e. The largest absolute Gasteiger partial charge is 0.396 e. The van der Waals surface area contributed by atoms with E-state index in [1.807, 2.05) is 43.3 Å². The molecule has 5 nitrogen and oxygen atoms in total. The Morgan fingerprint density at radius 3 is 2.39 bits per heavy atom. The number of rotatable bonds is 5. The Balaban J connectivity index is 1.66. The van der Waals surface area contributed by atoms with Crippen LogP contribution < -0.4 is 0 Å². The van der Waals surface area contributed by atoms with Gasteiger partial charge in [-0.15, -0.1) is 0 Å². The number of amides is 1. The van der Waals surface area contributed by atoms with Gasteiger partial charge in [0.05, 0.1) is 17.2 Å². The second-order valence-electron chi connectivity index (χ2n) is 9.42. The first-order chi connectivity index (χ1) is 14.9. The summed E-state index contributed by atoms with van der Waals surface area (Å²) in [7, 11) is 1.77. The molecule has 0 spiro atoms. The Morgan fingerprint density at radius 1 is 1.10 bits per heavy atom. The summed E-state index contributed by atoms with van der Waals surface area (Å²) in [4.78, 5) is 14.8. The zero-order valence-electron chi connectivity index (χ0n) is 18.4. The normalized spacial score (nSPS) is 32.8. The van der Waals surface area contributed by atoms with E-state index in [0.717, 1.165) is 6.42 Å². The predicted octanol–water partition coefficient (Wildman–Crippen LogP) is 3.76. The Kier molecular flexibility index (Phi) is 6.20. The first-order valence-electron chi connectivity index (χ1n) is 11.2. The summed E-state index contributed by atoms with van der Waals surface area (Å²) in [6, 6.07) is 19.2. The van der Waals surface area contributed by atoms with Crippen molar-refractivity contribution in [1.29, 1.82) is 0 Å². The molecule has 2 aliphatic heterocycles. The van der Waals surface area contributed by atoms with E-state index < -0.39 is 17.3 Å². The van der Waals surface area contributed by atoms with Crippen molar-refractivity contribution in [1.82, 2.24) is 4.90 Å². The first kappa shape index (κ1) is 22.0. The van der Waals surface area contributed by atoms with Gasteiger partial charge < -0.3 is 19.8 Å². The molecule has 2 fully saturated rings. The molecule has 5 heteroatoms. The predicted molar refractivity (Wildman–Crippen MR) is 120 cm³/mol. The van der Waals surface area contributed by atoms with Gasteiger partial charge in [-0.3, -0.25) is 4.79 Å². The lowest BCUT2D eigenvalue weighted by atomic mass is 9.73. The molecule has 2 bridgehead atoms. The lowest BCUT2D eigenvalue weighted by molar-refractivity contribution is -0.225. The molecule has 2 heterocycles. The van der Waals surface area contributed by atoms with Crippen LogP contribution in [0.2, 0.25) is 0 Å². The van der Waals surface area contributed by atoms with E-state index in [-0.39, 0.29) is 24.5 Å². The van der Waals surface area contributed by atoms with E-state index in [1.54, 1.807) is 24.1 Å². The van der Waals surface area contributed by atoms with Gasteiger partial charge >= 0.3 is 0 Å². The standard InChI is InChI=1S/C26H33NO4/c1-25-17-21(19-9-5-3-6-10-19)18-26(31-25,15-16-28)14-13-22(23(25)29)27(2)24(30)20-11-7-4-8-12-20/h3-12,21-23,28-29H,13-18H2,1-2H3/t21-,22+,23-,25+,26-/m1/s1. The number of carbonyl (C=O) groups is 1. The Bertz CT molecular complexity index is 889. The molecule has 2 N–H and O–H groups in total. The van der Waals surface area contributed by atoms with Gasteiger partial charge in [-0.05, 0) is 62.6 Å². The third kappa shape index (κ3) is 4.27. The number of aliphatic hydroxyl groups excluding tert-OH is 2. The molecule has 1 amide bonds. The SMILES string of the molecule is CN(C(=O)c1ccccc1)[C@H]1CC[C@@]2(CCO)C[C@H](c3ccccc3)C[C@](C)(O2)[C@@H]1O. The van der Waals surface area contributed by atoms with Crippen LogP contribution >= 0.6 is 0 Å². The monoisotopic (exact) mass is 423 g/mol. The zero-order chi connectivity index (χ0) is 22.1. The highest BCUT2D eigenvalue weighted by atomic mass is 16.5. The number of hydrogen-bond acceptors (Lipinski definition) is 4. The molecule has 0 saturated carbocycles. The summed E-state index contributed by atoms with van der Waals surface area (Å²) < 4.78 is 6.64. The third-order valence-corrected chi connectivity index (χ3v) is 7.28. The molecular formula is C26H33NO4. The van der Waals surface area contributed by atoms with Gasteiger partial charge in [0.1, 0.15) is 6.10 Å². The summed E-state index contributed by atoms with van der Waals surface area (Å²) in [6.07, 6.45) is 2.52. The van der Waals surface area contributed by atoms with E-state index in [1.165, 1.54) is 5.56 Å². The molecule has 2 aromatic carbocycles. The fourth-order valence-corrected chi connectivity index (χ4v) is 5.68. The van der Waals surface area contributed by atoms with Gasteiger partial charge in [-0.25, -0.2) is 0 Å². The van der Waals surface area contributed by atoms with Crippen LogP contribution in [0.15, 0.2) is 60.7 Å². The van der Waals surface area contributed by atoms with Crippen molar-refractivity contribution in [2.45, 2.75) is 68.3 Å². The molecule has 0 radical (unpaired) electrons. The van der Waals surface area contributed by atoms with E-state index in [2.05, 4.69) is 12.1 Å². The summed E-state index contributed by atoms with van der Waals surface area (Å²) >= 11 is 0. The number of ether oxygens (including phenoxy) is 1. The van der Waals surface area contributed by atoms with E-state index >= 15 is 0 Å². The topological polar surface area (TPSA) is 70.0 Å². The fraction of sp³-hybridized carbons (Fsp3) is 0.500. The molecule has 5 atom stereocenters. The highest BCUT2D eigenvalue weighted by Gasteiger charge is 2.55. The lowest BCUT2D eigenvalue weighted by Gasteiger charge is -2.50. The molecule has 4 rings (SSSR count). The third-order valence-electron chi connectivity index (χ3n) is 7.28. The average Bonchev–Trinajstić information content (AvgIpc) is 2.86. The van der Waals surface area contributed by atoms with Gasteiger partial charge in [-0.2, -0.15) is 0 Å². The molecule has 166 valence electrons. The van der Waals surface area contributed by atoms with Crippen LogP contribution in [-0.2, 0) is 4.74 Å². The molecule has 2 saturated heterocycles. The van der Waals surface area contributed by atoms with Gasteiger partial charge in [-0.1, -0.05) is 48.5 Å². The van der Waals surface area contributed by atoms with Gasteiger partial charge in [0.25, 0.3) is 5.91 Å². The number of fused-ring (bicyclic) bond motifs is 2. The van der Waals surface area contributed by atoms with Crippen LogP contribution in [0.3, 0.4) is 0 Å². The molecule has 0 aliphatic carbocycles.